The van der Waals surface area contributed by atoms with Crippen LogP contribution in [0.1, 0.15) is 138 Å². The number of ketones is 2. The zero-order valence-corrected chi connectivity index (χ0v) is 30.2. The molecule has 0 bridgehead atoms. The first-order valence-corrected chi connectivity index (χ1v) is 18.5. The van der Waals surface area contributed by atoms with Crippen LogP contribution in [0.25, 0.3) is 0 Å². The van der Waals surface area contributed by atoms with Crippen molar-refractivity contribution in [1.82, 2.24) is 0 Å². The van der Waals surface area contributed by atoms with Gasteiger partial charge in [0.2, 0.25) is 0 Å². The van der Waals surface area contributed by atoms with Gasteiger partial charge >= 0.3 is 11.9 Å². The van der Waals surface area contributed by atoms with Gasteiger partial charge in [0.15, 0.2) is 11.6 Å². The molecule has 0 radical (unpaired) electrons. The summed E-state index contributed by atoms with van der Waals surface area (Å²) in [6.45, 7) is 13.3. The molecule has 0 amide bonds. The van der Waals surface area contributed by atoms with Crippen molar-refractivity contribution in [3.8, 4) is 0 Å². The molecule has 0 aromatic heterocycles. The average molecular weight is 659 g/mol. The van der Waals surface area contributed by atoms with Gasteiger partial charge in [-0.3, -0.25) is 19.2 Å². The molecular weight excluding hydrogens is 600 g/mol. The molecule has 48 heavy (non-hydrogen) atoms. The summed E-state index contributed by atoms with van der Waals surface area (Å²) in [7, 11) is 0. The molecule has 2 fully saturated rings. The Morgan fingerprint density at radius 1 is 0.562 bits per heavy atom. The molecule has 0 heterocycles. The molecule has 4 rings (SSSR count). The Balaban J connectivity index is 1.17. The van der Waals surface area contributed by atoms with Crippen LogP contribution >= 0.6 is 0 Å². The molecule has 6 atom stereocenters. The van der Waals surface area contributed by atoms with Crippen molar-refractivity contribution in [2.75, 3.05) is 0 Å². The maximum absolute atomic E-state index is 12.8. The molecule has 0 N–H and O–H groups in total. The summed E-state index contributed by atoms with van der Waals surface area (Å²) in [5.41, 5.74) is 3.09. The number of carbonyl (C=O) groups is 4. The predicted octanol–water partition coefficient (Wildman–Crippen LogP) is 9.41. The van der Waals surface area contributed by atoms with Crippen molar-refractivity contribution in [2.24, 2.45) is 35.5 Å². The van der Waals surface area contributed by atoms with Crippen LogP contribution in [0.3, 0.4) is 0 Å². The second-order valence-electron chi connectivity index (χ2n) is 15.4. The van der Waals surface area contributed by atoms with Gasteiger partial charge in [0.05, 0.1) is 0 Å². The lowest BCUT2D eigenvalue weighted by atomic mass is 9.75. The standard InChI is InChI=1S/C42H58O6/c1-27(2)35-19-7-29(5)25-39(35)47-41(45)23-13-31-9-15-33(16-10-31)37(43)21-22-38(44)34-17-11-32(12-18-34)14-24-42(46)48-40-26-30(6)8-20-36(40)28(3)4/h9-12,15-18,27-30,35-36,39-40H,7-8,13-14,19-26H2,1-6H3/t29-,30-,35+,36+,39-,40-/m1/s1. The van der Waals surface area contributed by atoms with Crippen LogP contribution in [0.5, 0.6) is 0 Å². The van der Waals surface area contributed by atoms with E-state index in [1.165, 1.54) is 12.8 Å². The summed E-state index contributed by atoms with van der Waals surface area (Å²) < 4.78 is 11.9. The van der Waals surface area contributed by atoms with Crippen LogP contribution in [-0.4, -0.2) is 35.7 Å². The molecular formula is C42H58O6. The number of carbonyl (C=O) groups excluding carboxylic acids is 4. The minimum atomic E-state index is -0.155. The molecule has 0 saturated heterocycles. The number of benzene rings is 2. The van der Waals surface area contributed by atoms with E-state index < -0.39 is 0 Å². The van der Waals surface area contributed by atoms with Gasteiger partial charge in [-0.25, -0.2) is 0 Å². The number of ether oxygens (including phenoxy) is 2. The van der Waals surface area contributed by atoms with Crippen molar-refractivity contribution >= 4 is 23.5 Å². The predicted molar refractivity (Wildman–Crippen MR) is 190 cm³/mol. The summed E-state index contributed by atoms with van der Waals surface area (Å²) in [5, 5.41) is 0. The second-order valence-corrected chi connectivity index (χ2v) is 15.4. The van der Waals surface area contributed by atoms with Crippen LogP contribution in [0.2, 0.25) is 0 Å². The smallest absolute Gasteiger partial charge is 0.306 e. The zero-order chi connectivity index (χ0) is 34.8. The first-order chi connectivity index (χ1) is 22.9. The fourth-order valence-electron chi connectivity index (χ4n) is 7.68. The number of Topliss-reactive ketones (excluding diaryl/α,β-unsaturated/α-hetero) is 2. The van der Waals surface area contributed by atoms with Crippen LogP contribution in [0, 0.1) is 35.5 Å². The SMILES string of the molecule is CC(C)[C@@H]1CC[C@@H](C)C[C@H]1OC(=O)CCc1ccc(C(=O)CCC(=O)c2ccc(CCC(=O)O[C@@H]3C[C@H](C)CC[C@H]3C(C)C)cc2)cc1. The van der Waals surface area contributed by atoms with Gasteiger partial charge in [-0.15, -0.1) is 0 Å². The third kappa shape index (κ3) is 11.1. The number of esters is 2. The number of rotatable bonds is 15. The van der Waals surface area contributed by atoms with E-state index in [0.717, 1.165) is 36.8 Å². The third-order valence-corrected chi connectivity index (χ3v) is 10.9. The molecule has 6 nitrogen and oxygen atoms in total. The molecule has 2 aromatic rings. The van der Waals surface area contributed by atoms with Gasteiger partial charge in [-0.1, -0.05) is 103 Å². The minimum absolute atomic E-state index is 0.00514. The molecule has 262 valence electrons. The van der Waals surface area contributed by atoms with Gasteiger partial charge in [-0.05, 0) is 85.2 Å². The minimum Gasteiger partial charge on any atom is -0.462 e. The Morgan fingerprint density at radius 3 is 1.25 bits per heavy atom. The van der Waals surface area contributed by atoms with Crippen LogP contribution in [0.4, 0.5) is 0 Å². The fraction of sp³-hybridized carbons (Fsp3) is 0.619. The summed E-state index contributed by atoms with van der Waals surface area (Å²) in [6, 6.07) is 14.7. The van der Waals surface area contributed by atoms with Gasteiger partial charge in [0, 0.05) is 36.8 Å². The highest BCUT2D eigenvalue weighted by molar-refractivity contribution is 6.02. The van der Waals surface area contributed by atoms with E-state index >= 15 is 0 Å². The van der Waals surface area contributed by atoms with E-state index in [9.17, 15) is 19.2 Å². The van der Waals surface area contributed by atoms with Crippen molar-refractivity contribution in [1.29, 1.82) is 0 Å². The summed E-state index contributed by atoms with van der Waals surface area (Å²) in [5.74, 6) is 2.55. The largest absolute Gasteiger partial charge is 0.462 e. The van der Waals surface area contributed by atoms with Gasteiger partial charge in [0.1, 0.15) is 12.2 Å². The number of hydrogen-bond acceptors (Lipinski definition) is 6. The highest BCUT2D eigenvalue weighted by Gasteiger charge is 2.34. The molecule has 0 spiro atoms. The lowest BCUT2D eigenvalue weighted by molar-refractivity contribution is -0.156. The Morgan fingerprint density at radius 2 is 0.917 bits per heavy atom. The summed E-state index contributed by atoms with van der Waals surface area (Å²) in [6.07, 6.45) is 8.54. The van der Waals surface area contributed by atoms with E-state index in [1.54, 1.807) is 24.3 Å². The van der Waals surface area contributed by atoms with E-state index in [2.05, 4.69) is 41.5 Å². The topological polar surface area (TPSA) is 86.7 Å². The third-order valence-electron chi connectivity index (χ3n) is 10.9. The lowest BCUT2D eigenvalue weighted by Crippen LogP contribution is -2.35. The van der Waals surface area contributed by atoms with E-state index in [-0.39, 0.29) is 48.6 Å². The van der Waals surface area contributed by atoms with Gasteiger partial charge in [0.25, 0.3) is 0 Å². The van der Waals surface area contributed by atoms with E-state index in [1.807, 2.05) is 24.3 Å². The Labute approximate surface area is 288 Å². The van der Waals surface area contributed by atoms with Gasteiger partial charge < -0.3 is 9.47 Å². The monoisotopic (exact) mass is 658 g/mol. The first kappa shape index (κ1) is 37.5. The lowest BCUT2D eigenvalue weighted by Gasteiger charge is -2.36. The van der Waals surface area contributed by atoms with Gasteiger partial charge in [-0.2, -0.15) is 0 Å². The zero-order valence-electron chi connectivity index (χ0n) is 30.2. The molecule has 2 aromatic carbocycles. The van der Waals surface area contributed by atoms with E-state index in [0.29, 0.717) is 72.3 Å². The molecule has 0 unspecified atom stereocenters. The summed E-state index contributed by atoms with van der Waals surface area (Å²) >= 11 is 0. The second kappa shape index (κ2) is 17.9. The highest BCUT2D eigenvalue weighted by atomic mass is 16.5. The maximum Gasteiger partial charge on any atom is 0.306 e. The molecule has 2 aliphatic carbocycles. The quantitative estimate of drug-likeness (QED) is 0.140. The van der Waals surface area contributed by atoms with Crippen LogP contribution in [0.15, 0.2) is 48.5 Å². The average Bonchev–Trinajstić information content (AvgIpc) is 3.05. The number of aryl methyl sites for hydroxylation is 2. The van der Waals surface area contributed by atoms with Crippen LogP contribution in [-0.2, 0) is 31.9 Å². The Bertz CT molecular complexity index is 1250. The van der Waals surface area contributed by atoms with Crippen molar-refractivity contribution in [2.45, 2.75) is 131 Å². The van der Waals surface area contributed by atoms with E-state index in [4.69, 9.17) is 9.47 Å². The van der Waals surface area contributed by atoms with Crippen molar-refractivity contribution in [3.63, 3.8) is 0 Å². The van der Waals surface area contributed by atoms with Crippen LogP contribution < -0.4 is 0 Å². The molecule has 2 aliphatic rings. The van der Waals surface area contributed by atoms with Crippen molar-refractivity contribution in [3.05, 3.63) is 70.8 Å². The Hall–Kier alpha value is -3.28. The van der Waals surface area contributed by atoms with Crippen molar-refractivity contribution < 1.29 is 28.7 Å². The highest BCUT2D eigenvalue weighted by Crippen LogP contribution is 2.36. The summed E-state index contributed by atoms with van der Waals surface area (Å²) in [4.78, 5) is 51.0. The number of hydrogen-bond donors (Lipinski definition) is 0. The normalized spacial score (nSPS) is 24.3. The Kier molecular flexibility index (Phi) is 14.0. The fourth-order valence-corrected chi connectivity index (χ4v) is 7.68. The maximum atomic E-state index is 12.8. The first-order valence-electron chi connectivity index (χ1n) is 18.5. The molecule has 0 aliphatic heterocycles. The molecule has 6 heteroatoms. The molecule has 2 saturated carbocycles.